The molecule has 0 bridgehead atoms. The van der Waals surface area contributed by atoms with E-state index < -0.39 is 0 Å². The van der Waals surface area contributed by atoms with Gasteiger partial charge in [-0.15, -0.1) is 5.10 Å². The first-order valence-electron chi connectivity index (χ1n) is 5.04. The van der Waals surface area contributed by atoms with Crippen LogP contribution in [0.15, 0.2) is 24.3 Å². The van der Waals surface area contributed by atoms with Gasteiger partial charge in [-0.25, -0.2) is 4.79 Å². The zero-order valence-corrected chi connectivity index (χ0v) is 8.54. The van der Waals surface area contributed by atoms with Crippen LogP contribution in [-0.4, -0.2) is 45.8 Å². The van der Waals surface area contributed by atoms with Gasteiger partial charge in [0.15, 0.2) is 0 Å². The minimum atomic E-state index is -0.189. The van der Waals surface area contributed by atoms with Crippen LogP contribution in [0.4, 0.5) is 4.79 Å². The average molecular weight is 218 g/mol. The molecule has 1 amide bonds. The van der Waals surface area contributed by atoms with Crippen molar-refractivity contribution in [3.63, 3.8) is 0 Å². The third-order valence-corrected chi connectivity index (χ3v) is 2.56. The Morgan fingerprint density at radius 2 is 2.25 bits per heavy atom. The lowest BCUT2D eigenvalue weighted by atomic mass is 10.3. The lowest BCUT2D eigenvalue weighted by Crippen LogP contribution is -2.33. The van der Waals surface area contributed by atoms with E-state index in [9.17, 15) is 4.79 Å². The van der Waals surface area contributed by atoms with Gasteiger partial charge in [0.05, 0.1) is 12.1 Å². The summed E-state index contributed by atoms with van der Waals surface area (Å²) in [6.07, 6.45) is 0. The number of rotatable bonds is 0. The quantitative estimate of drug-likeness (QED) is 0.652. The molecule has 1 aromatic carbocycles. The molecule has 0 spiro atoms. The molecule has 0 saturated carbocycles. The van der Waals surface area contributed by atoms with Crippen molar-refractivity contribution in [3.8, 4) is 0 Å². The highest BCUT2D eigenvalue weighted by Gasteiger charge is 2.22. The van der Waals surface area contributed by atoms with Crippen molar-refractivity contribution in [1.29, 1.82) is 0 Å². The lowest BCUT2D eigenvalue weighted by molar-refractivity contribution is 0.143. The van der Waals surface area contributed by atoms with E-state index in [0.29, 0.717) is 19.9 Å². The Balaban J connectivity index is 2.02. The molecule has 1 aliphatic heterocycles. The molecule has 2 aromatic rings. The Morgan fingerprint density at radius 3 is 3.06 bits per heavy atom. The number of fused-ring (bicyclic) bond motifs is 1. The Labute approximate surface area is 91.4 Å². The van der Waals surface area contributed by atoms with Crippen molar-refractivity contribution in [3.05, 3.63) is 24.3 Å². The molecular weight excluding hydrogens is 208 g/mol. The number of carbonyl (C=O) groups excluding carboxylic acids is 1. The summed E-state index contributed by atoms with van der Waals surface area (Å²) in [6.45, 7) is 1.51. The minimum absolute atomic E-state index is 0.189. The van der Waals surface area contributed by atoms with E-state index in [0.717, 1.165) is 11.0 Å². The summed E-state index contributed by atoms with van der Waals surface area (Å²) < 4.78 is 6.44. The average Bonchev–Trinajstić information content (AvgIpc) is 2.98. The van der Waals surface area contributed by atoms with Gasteiger partial charge in [-0.3, -0.25) is 4.90 Å². The smallest absolute Gasteiger partial charge is 0.348 e. The summed E-state index contributed by atoms with van der Waals surface area (Å²) in [4.78, 5) is 13.6. The van der Waals surface area contributed by atoms with E-state index in [1.807, 2.05) is 24.3 Å². The van der Waals surface area contributed by atoms with Gasteiger partial charge in [0.1, 0.15) is 12.2 Å². The van der Waals surface area contributed by atoms with Crippen molar-refractivity contribution in [2.75, 3.05) is 19.9 Å². The van der Waals surface area contributed by atoms with E-state index in [4.69, 9.17) is 4.74 Å². The molecule has 0 atom stereocenters. The van der Waals surface area contributed by atoms with Crippen LogP contribution in [-0.2, 0) is 4.74 Å². The summed E-state index contributed by atoms with van der Waals surface area (Å²) in [5, 5.41) is 7.80. The predicted octanol–water partition coefficient (Wildman–Crippen LogP) is 0.689. The second-order valence-corrected chi connectivity index (χ2v) is 3.57. The number of ether oxygens (including phenoxy) is 1. The van der Waals surface area contributed by atoms with Gasteiger partial charge in [0.2, 0.25) is 0 Å². The van der Waals surface area contributed by atoms with Gasteiger partial charge in [-0.1, -0.05) is 17.3 Å². The summed E-state index contributed by atoms with van der Waals surface area (Å²) >= 11 is 0. The molecule has 1 saturated heterocycles. The highest BCUT2D eigenvalue weighted by atomic mass is 16.5. The number of hydrogen-bond donors (Lipinski definition) is 0. The maximum Gasteiger partial charge on any atom is 0.348 e. The van der Waals surface area contributed by atoms with Crippen LogP contribution in [0.25, 0.3) is 11.0 Å². The van der Waals surface area contributed by atoms with E-state index in [1.165, 1.54) is 4.68 Å². The van der Waals surface area contributed by atoms with Crippen molar-refractivity contribution >= 4 is 17.1 Å². The Bertz CT molecular complexity index is 530. The van der Waals surface area contributed by atoms with Gasteiger partial charge in [0, 0.05) is 6.54 Å². The maximum atomic E-state index is 12.0. The van der Waals surface area contributed by atoms with Crippen molar-refractivity contribution in [2.45, 2.75) is 0 Å². The highest BCUT2D eigenvalue weighted by molar-refractivity contribution is 5.87. The van der Waals surface area contributed by atoms with Crippen molar-refractivity contribution < 1.29 is 9.53 Å². The van der Waals surface area contributed by atoms with Crippen molar-refractivity contribution in [2.24, 2.45) is 0 Å². The number of nitrogens with zero attached hydrogens (tertiary/aromatic N) is 4. The highest BCUT2D eigenvalue weighted by Crippen LogP contribution is 2.11. The van der Waals surface area contributed by atoms with Crippen LogP contribution in [0.2, 0.25) is 0 Å². The Morgan fingerprint density at radius 1 is 1.38 bits per heavy atom. The molecule has 0 N–H and O–H groups in total. The zero-order chi connectivity index (χ0) is 11.0. The van der Waals surface area contributed by atoms with E-state index in [2.05, 4.69) is 10.3 Å². The molecule has 0 aliphatic carbocycles. The molecule has 1 aliphatic rings. The second-order valence-electron chi connectivity index (χ2n) is 3.57. The fraction of sp³-hybridized carbons (Fsp3) is 0.300. The van der Waals surface area contributed by atoms with Gasteiger partial charge in [-0.2, -0.15) is 4.68 Å². The summed E-state index contributed by atoms with van der Waals surface area (Å²) in [5.41, 5.74) is 1.44. The SMILES string of the molecule is O=C(N1CCOC1)n1nnc2ccccc21. The second kappa shape index (κ2) is 3.57. The number of para-hydroxylation sites is 1. The normalized spacial score (nSPS) is 15.9. The first kappa shape index (κ1) is 9.29. The standard InChI is InChI=1S/C10H10N4O2/c15-10(13-5-6-16-7-13)14-9-4-2-1-3-8(9)11-12-14/h1-4H,5-7H2. The molecule has 6 heteroatoms. The number of aromatic nitrogens is 3. The monoisotopic (exact) mass is 218 g/mol. The van der Waals surface area contributed by atoms with Crippen LogP contribution < -0.4 is 0 Å². The largest absolute Gasteiger partial charge is 0.359 e. The third-order valence-electron chi connectivity index (χ3n) is 2.56. The number of hydrogen-bond acceptors (Lipinski definition) is 4. The number of carbonyl (C=O) groups is 1. The van der Waals surface area contributed by atoms with Crippen LogP contribution in [0.5, 0.6) is 0 Å². The molecule has 6 nitrogen and oxygen atoms in total. The van der Waals surface area contributed by atoms with Gasteiger partial charge in [-0.05, 0) is 12.1 Å². The maximum absolute atomic E-state index is 12.0. The fourth-order valence-corrected chi connectivity index (χ4v) is 1.71. The van der Waals surface area contributed by atoms with E-state index in [1.54, 1.807) is 4.90 Å². The van der Waals surface area contributed by atoms with Crippen LogP contribution in [0.3, 0.4) is 0 Å². The Kier molecular flexibility index (Phi) is 2.07. The van der Waals surface area contributed by atoms with Crippen LogP contribution in [0, 0.1) is 0 Å². The van der Waals surface area contributed by atoms with E-state index in [-0.39, 0.29) is 6.03 Å². The number of amides is 1. The molecule has 1 aromatic heterocycles. The minimum Gasteiger partial charge on any atom is -0.359 e. The van der Waals surface area contributed by atoms with Gasteiger partial charge < -0.3 is 4.74 Å². The molecule has 1 fully saturated rings. The third kappa shape index (κ3) is 1.35. The van der Waals surface area contributed by atoms with Crippen LogP contribution >= 0.6 is 0 Å². The molecular formula is C10H10N4O2. The van der Waals surface area contributed by atoms with E-state index >= 15 is 0 Å². The molecule has 3 rings (SSSR count). The Hall–Kier alpha value is -1.95. The molecule has 0 unspecified atom stereocenters. The number of benzene rings is 1. The summed E-state index contributed by atoms with van der Waals surface area (Å²) in [7, 11) is 0. The topological polar surface area (TPSA) is 60.2 Å². The fourth-order valence-electron chi connectivity index (χ4n) is 1.71. The van der Waals surface area contributed by atoms with Gasteiger partial charge in [0.25, 0.3) is 0 Å². The summed E-state index contributed by atoms with van der Waals surface area (Å²) in [5.74, 6) is 0. The molecule has 0 radical (unpaired) electrons. The lowest BCUT2D eigenvalue weighted by Gasteiger charge is -2.12. The zero-order valence-electron chi connectivity index (χ0n) is 8.54. The first-order chi connectivity index (χ1) is 7.86. The molecule has 82 valence electrons. The van der Waals surface area contributed by atoms with Crippen molar-refractivity contribution in [1.82, 2.24) is 19.9 Å². The first-order valence-corrected chi connectivity index (χ1v) is 5.04. The molecule has 16 heavy (non-hydrogen) atoms. The predicted molar refractivity (Wildman–Crippen MR) is 55.8 cm³/mol. The molecule has 2 heterocycles. The van der Waals surface area contributed by atoms with Gasteiger partial charge >= 0.3 is 6.03 Å². The summed E-state index contributed by atoms with van der Waals surface area (Å²) in [6, 6.07) is 7.18. The van der Waals surface area contributed by atoms with Crippen LogP contribution in [0.1, 0.15) is 0 Å².